The molecule has 0 aromatic rings. The van der Waals surface area contributed by atoms with Gasteiger partial charge in [0, 0.05) is 27.7 Å². The Morgan fingerprint density at radius 3 is 2.29 bits per heavy atom. The van der Waals surface area contributed by atoms with Crippen LogP contribution < -0.4 is 5.73 Å². The standard InChI is InChI=1S/C9H21N3O4S/c1-11(2)9(13)8-12(3)17(14,15)7-6-16-5-4-10/h4-8,10H2,1-3H3. The summed E-state index contributed by atoms with van der Waals surface area (Å²) in [6.07, 6.45) is 0. The van der Waals surface area contributed by atoms with Crippen molar-refractivity contribution in [2.24, 2.45) is 5.73 Å². The Hall–Kier alpha value is -0.700. The molecule has 102 valence electrons. The molecule has 2 N–H and O–H groups in total. The van der Waals surface area contributed by atoms with Gasteiger partial charge in [0.15, 0.2) is 0 Å². The number of amides is 1. The lowest BCUT2D eigenvalue weighted by Crippen LogP contribution is -2.39. The lowest BCUT2D eigenvalue weighted by Gasteiger charge is -2.18. The molecule has 0 atom stereocenters. The molecule has 1 amide bonds. The van der Waals surface area contributed by atoms with Crippen LogP contribution in [0.15, 0.2) is 0 Å². The maximum atomic E-state index is 11.7. The molecule has 17 heavy (non-hydrogen) atoms. The van der Waals surface area contributed by atoms with Crippen LogP contribution in [-0.4, -0.2) is 76.7 Å². The molecule has 0 heterocycles. The number of hydrogen-bond acceptors (Lipinski definition) is 5. The quantitative estimate of drug-likeness (QED) is 0.530. The van der Waals surface area contributed by atoms with E-state index in [9.17, 15) is 13.2 Å². The summed E-state index contributed by atoms with van der Waals surface area (Å²) in [7, 11) is 1.08. The second kappa shape index (κ2) is 7.59. The highest BCUT2D eigenvalue weighted by Gasteiger charge is 2.20. The monoisotopic (exact) mass is 267 g/mol. The Labute approximate surface area is 103 Å². The normalized spacial score (nSPS) is 11.8. The van der Waals surface area contributed by atoms with Crippen molar-refractivity contribution in [3.05, 3.63) is 0 Å². The maximum absolute atomic E-state index is 11.7. The van der Waals surface area contributed by atoms with Crippen molar-refractivity contribution in [1.29, 1.82) is 0 Å². The Balaban J connectivity index is 4.16. The molecule has 0 bridgehead atoms. The van der Waals surface area contributed by atoms with Gasteiger partial charge in [-0.1, -0.05) is 0 Å². The molecule has 0 aliphatic heterocycles. The largest absolute Gasteiger partial charge is 0.379 e. The summed E-state index contributed by atoms with van der Waals surface area (Å²) >= 11 is 0. The average molecular weight is 267 g/mol. The average Bonchev–Trinajstić information content (AvgIpc) is 2.24. The van der Waals surface area contributed by atoms with Crippen LogP contribution in [0, 0.1) is 0 Å². The van der Waals surface area contributed by atoms with Gasteiger partial charge in [-0.05, 0) is 0 Å². The molecule has 0 unspecified atom stereocenters. The topological polar surface area (TPSA) is 92.9 Å². The zero-order valence-corrected chi connectivity index (χ0v) is 11.4. The van der Waals surface area contributed by atoms with Crippen molar-refractivity contribution in [2.45, 2.75) is 0 Å². The summed E-state index contributed by atoms with van der Waals surface area (Å²) in [5.41, 5.74) is 5.20. The number of nitrogens with zero attached hydrogens (tertiary/aromatic N) is 2. The van der Waals surface area contributed by atoms with E-state index in [0.717, 1.165) is 4.31 Å². The highest BCUT2D eigenvalue weighted by molar-refractivity contribution is 7.89. The van der Waals surface area contributed by atoms with Crippen molar-refractivity contribution in [3.63, 3.8) is 0 Å². The van der Waals surface area contributed by atoms with E-state index in [1.807, 2.05) is 0 Å². The predicted molar refractivity (Wildman–Crippen MR) is 65.0 cm³/mol. The van der Waals surface area contributed by atoms with E-state index in [-0.39, 0.29) is 24.8 Å². The summed E-state index contributed by atoms with van der Waals surface area (Å²) in [5.74, 6) is -0.413. The highest BCUT2D eigenvalue weighted by Crippen LogP contribution is 1.99. The van der Waals surface area contributed by atoms with E-state index in [1.54, 1.807) is 14.1 Å². The SMILES string of the molecule is CN(C)C(=O)CN(C)S(=O)(=O)CCOCCN. The number of carbonyl (C=O) groups is 1. The maximum Gasteiger partial charge on any atom is 0.237 e. The smallest absolute Gasteiger partial charge is 0.237 e. The third-order valence-electron chi connectivity index (χ3n) is 2.08. The molecule has 0 spiro atoms. The molecule has 0 radical (unpaired) electrons. The molecule has 0 fully saturated rings. The third kappa shape index (κ3) is 6.57. The van der Waals surface area contributed by atoms with Gasteiger partial charge in [0.25, 0.3) is 0 Å². The summed E-state index contributed by atoms with van der Waals surface area (Å²) in [5, 5.41) is 0. The minimum atomic E-state index is -3.45. The van der Waals surface area contributed by atoms with Gasteiger partial charge in [0.1, 0.15) is 0 Å². The minimum absolute atomic E-state index is 0.0834. The fourth-order valence-electron chi connectivity index (χ4n) is 0.936. The molecule has 0 aliphatic carbocycles. The molecule has 0 aromatic heterocycles. The summed E-state index contributed by atoms with van der Waals surface area (Å²) < 4.78 is 29.4. The van der Waals surface area contributed by atoms with Crippen molar-refractivity contribution in [2.75, 3.05) is 53.2 Å². The van der Waals surface area contributed by atoms with Crippen LogP contribution in [0.2, 0.25) is 0 Å². The van der Waals surface area contributed by atoms with Crippen molar-refractivity contribution in [1.82, 2.24) is 9.21 Å². The lowest BCUT2D eigenvalue weighted by molar-refractivity contribution is -0.128. The van der Waals surface area contributed by atoms with Gasteiger partial charge < -0.3 is 15.4 Å². The predicted octanol–water partition coefficient (Wildman–Crippen LogP) is -1.69. The zero-order chi connectivity index (χ0) is 13.5. The number of nitrogens with two attached hydrogens (primary N) is 1. The second-order valence-electron chi connectivity index (χ2n) is 3.76. The number of hydrogen-bond donors (Lipinski definition) is 1. The van der Waals surface area contributed by atoms with Gasteiger partial charge in [0.05, 0.1) is 25.5 Å². The van der Waals surface area contributed by atoms with Gasteiger partial charge >= 0.3 is 0 Å². The first-order chi connectivity index (χ1) is 7.81. The number of likely N-dealkylation sites (N-methyl/N-ethyl adjacent to an activating group) is 2. The summed E-state index contributed by atoms with van der Waals surface area (Å²) in [4.78, 5) is 12.7. The van der Waals surface area contributed by atoms with Crippen LogP contribution in [0.5, 0.6) is 0 Å². The Morgan fingerprint density at radius 2 is 1.82 bits per heavy atom. The minimum Gasteiger partial charge on any atom is -0.379 e. The van der Waals surface area contributed by atoms with Crippen LogP contribution in [0.3, 0.4) is 0 Å². The van der Waals surface area contributed by atoms with Crippen LogP contribution in [-0.2, 0) is 19.6 Å². The highest BCUT2D eigenvalue weighted by atomic mass is 32.2. The van der Waals surface area contributed by atoms with E-state index in [1.165, 1.54) is 11.9 Å². The van der Waals surface area contributed by atoms with Crippen LogP contribution in [0.25, 0.3) is 0 Å². The van der Waals surface area contributed by atoms with E-state index in [2.05, 4.69) is 0 Å². The number of sulfonamides is 1. The summed E-state index contributed by atoms with van der Waals surface area (Å²) in [6.45, 7) is 0.608. The Morgan fingerprint density at radius 1 is 1.24 bits per heavy atom. The molecule has 0 aliphatic rings. The van der Waals surface area contributed by atoms with E-state index >= 15 is 0 Å². The van der Waals surface area contributed by atoms with Crippen molar-refractivity contribution < 1.29 is 17.9 Å². The van der Waals surface area contributed by atoms with E-state index in [0.29, 0.717) is 13.2 Å². The molecular weight excluding hydrogens is 246 g/mol. The molecule has 7 nitrogen and oxygen atoms in total. The van der Waals surface area contributed by atoms with Gasteiger partial charge in [-0.3, -0.25) is 4.79 Å². The van der Waals surface area contributed by atoms with Gasteiger partial charge in [-0.25, -0.2) is 8.42 Å². The first-order valence-electron chi connectivity index (χ1n) is 5.23. The number of carbonyl (C=O) groups excluding carboxylic acids is 1. The summed E-state index contributed by atoms with van der Waals surface area (Å²) in [6, 6.07) is 0. The Bertz CT molecular complexity index is 329. The molecule has 0 saturated heterocycles. The van der Waals surface area contributed by atoms with E-state index < -0.39 is 10.0 Å². The molecule has 8 heteroatoms. The number of rotatable bonds is 8. The second-order valence-corrected chi connectivity index (χ2v) is 5.96. The van der Waals surface area contributed by atoms with Crippen LogP contribution >= 0.6 is 0 Å². The zero-order valence-electron chi connectivity index (χ0n) is 10.5. The fraction of sp³-hybridized carbons (Fsp3) is 0.889. The Kier molecular flexibility index (Phi) is 7.28. The first kappa shape index (κ1) is 16.3. The molecule has 0 aromatic carbocycles. The van der Waals surface area contributed by atoms with Gasteiger partial charge in [-0.2, -0.15) is 4.31 Å². The molecule has 0 saturated carbocycles. The van der Waals surface area contributed by atoms with Crippen LogP contribution in [0.4, 0.5) is 0 Å². The fourth-order valence-corrected chi connectivity index (χ4v) is 1.88. The van der Waals surface area contributed by atoms with Crippen molar-refractivity contribution >= 4 is 15.9 Å². The van der Waals surface area contributed by atoms with Crippen molar-refractivity contribution in [3.8, 4) is 0 Å². The molecule has 0 rings (SSSR count). The van der Waals surface area contributed by atoms with Gasteiger partial charge in [0.2, 0.25) is 15.9 Å². The van der Waals surface area contributed by atoms with E-state index in [4.69, 9.17) is 10.5 Å². The molecular formula is C9H21N3O4S. The number of ether oxygens (including phenoxy) is 1. The lowest BCUT2D eigenvalue weighted by atomic mass is 10.5. The third-order valence-corrected chi connectivity index (χ3v) is 3.84. The van der Waals surface area contributed by atoms with Crippen LogP contribution in [0.1, 0.15) is 0 Å². The van der Waals surface area contributed by atoms with Gasteiger partial charge in [-0.15, -0.1) is 0 Å². The first-order valence-corrected chi connectivity index (χ1v) is 6.84.